The topological polar surface area (TPSA) is 46.1 Å². The minimum absolute atomic E-state index is 0. The summed E-state index contributed by atoms with van der Waals surface area (Å²) in [5.74, 6) is 1.03. The van der Waals surface area contributed by atoms with Crippen molar-refractivity contribution in [3.05, 3.63) is 35.4 Å². The number of halogens is 1. The van der Waals surface area contributed by atoms with Crippen molar-refractivity contribution in [3.63, 3.8) is 0 Å². The first-order valence-electron chi connectivity index (χ1n) is 9.51. The maximum absolute atomic E-state index is 5.64. The van der Waals surface area contributed by atoms with E-state index in [0.29, 0.717) is 18.6 Å². The molecule has 2 aliphatic heterocycles. The fourth-order valence-corrected chi connectivity index (χ4v) is 3.64. The lowest BCUT2D eigenvalue weighted by Gasteiger charge is -2.25. The van der Waals surface area contributed by atoms with Crippen LogP contribution in [0.25, 0.3) is 0 Å². The van der Waals surface area contributed by atoms with Crippen LogP contribution in [0.2, 0.25) is 0 Å². The van der Waals surface area contributed by atoms with Gasteiger partial charge in [0.25, 0.3) is 0 Å². The minimum Gasteiger partial charge on any atom is -0.381 e. The van der Waals surface area contributed by atoms with E-state index in [4.69, 9.17) is 14.5 Å². The van der Waals surface area contributed by atoms with Crippen LogP contribution in [0.1, 0.15) is 37.8 Å². The lowest BCUT2D eigenvalue weighted by molar-refractivity contribution is 0.134. The Bertz CT molecular complexity index is 571. The summed E-state index contributed by atoms with van der Waals surface area (Å²) in [7, 11) is 0. The monoisotopic (exact) mass is 473 g/mol. The van der Waals surface area contributed by atoms with Crippen LogP contribution < -0.4 is 5.32 Å². The second-order valence-electron chi connectivity index (χ2n) is 7.10. The SMILES string of the molecule is CCNC(=NCc1ccc(COCC)cc1)N1CCC2(CCOC2)C1.I. The number of likely N-dealkylation sites (tertiary alicyclic amines) is 1. The molecule has 2 heterocycles. The zero-order valence-corrected chi connectivity index (χ0v) is 18.3. The van der Waals surface area contributed by atoms with Crippen molar-refractivity contribution >= 4 is 29.9 Å². The summed E-state index contributed by atoms with van der Waals surface area (Å²) in [4.78, 5) is 7.28. The van der Waals surface area contributed by atoms with Crippen LogP contribution in [0.4, 0.5) is 0 Å². The number of hydrogen-bond donors (Lipinski definition) is 1. The third-order valence-electron chi connectivity index (χ3n) is 5.16. The number of nitrogens with zero attached hydrogens (tertiary/aromatic N) is 2. The molecule has 1 aromatic carbocycles. The summed E-state index contributed by atoms with van der Waals surface area (Å²) < 4.78 is 11.1. The predicted octanol–water partition coefficient (Wildman–Crippen LogP) is 3.42. The Balaban J connectivity index is 0.00000243. The van der Waals surface area contributed by atoms with E-state index >= 15 is 0 Å². The van der Waals surface area contributed by atoms with Crippen LogP contribution in [0.5, 0.6) is 0 Å². The molecule has 0 radical (unpaired) electrons. The fraction of sp³-hybridized carbons (Fsp3) is 0.650. The lowest BCUT2D eigenvalue weighted by atomic mass is 9.87. The Hall–Kier alpha value is -0.860. The van der Waals surface area contributed by atoms with E-state index < -0.39 is 0 Å². The molecule has 2 aliphatic rings. The number of benzene rings is 1. The molecule has 6 heteroatoms. The zero-order chi connectivity index (χ0) is 17.5. The molecule has 1 atom stereocenters. The first-order valence-corrected chi connectivity index (χ1v) is 9.51. The number of hydrogen-bond acceptors (Lipinski definition) is 3. The average Bonchev–Trinajstić information content (AvgIpc) is 3.28. The molecule has 1 N–H and O–H groups in total. The highest BCUT2D eigenvalue weighted by molar-refractivity contribution is 14.0. The molecule has 0 amide bonds. The van der Waals surface area contributed by atoms with Crippen LogP contribution in [0.15, 0.2) is 29.3 Å². The molecule has 1 aromatic rings. The molecule has 2 saturated heterocycles. The van der Waals surface area contributed by atoms with E-state index in [1.54, 1.807) is 0 Å². The first-order chi connectivity index (χ1) is 12.2. The van der Waals surface area contributed by atoms with Gasteiger partial charge >= 0.3 is 0 Å². The van der Waals surface area contributed by atoms with Gasteiger partial charge in [-0.3, -0.25) is 0 Å². The second-order valence-corrected chi connectivity index (χ2v) is 7.10. The number of rotatable bonds is 6. The zero-order valence-electron chi connectivity index (χ0n) is 16.0. The normalized spacial score (nSPS) is 22.7. The van der Waals surface area contributed by atoms with Crippen molar-refractivity contribution in [2.45, 2.75) is 39.8 Å². The summed E-state index contributed by atoms with van der Waals surface area (Å²) in [6, 6.07) is 8.57. The largest absolute Gasteiger partial charge is 0.381 e. The van der Waals surface area contributed by atoms with Crippen LogP contribution in [-0.4, -0.2) is 50.3 Å². The number of nitrogens with one attached hydrogen (secondary N) is 1. The molecule has 0 aliphatic carbocycles. The number of aliphatic imine (C=N–C) groups is 1. The molecule has 1 spiro atoms. The molecular weight excluding hydrogens is 441 g/mol. The summed E-state index contributed by atoms with van der Waals surface area (Å²) in [5, 5.41) is 3.46. The van der Waals surface area contributed by atoms with E-state index in [1.807, 2.05) is 6.92 Å². The second kappa shape index (κ2) is 10.5. The molecule has 0 bridgehead atoms. The van der Waals surface area contributed by atoms with Crippen molar-refractivity contribution in [2.24, 2.45) is 10.4 Å². The van der Waals surface area contributed by atoms with Gasteiger partial charge in [0.05, 0.1) is 19.8 Å². The fourth-order valence-electron chi connectivity index (χ4n) is 3.64. The molecule has 26 heavy (non-hydrogen) atoms. The van der Waals surface area contributed by atoms with Crippen molar-refractivity contribution in [3.8, 4) is 0 Å². The van der Waals surface area contributed by atoms with Gasteiger partial charge in [-0.1, -0.05) is 24.3 Å². The van der Waals surface area contributed by atoms with E-state index in [0.717, 1.165) is 45.4 Å². The van der Waals surface area contributed by atoms with Gasteiger partial charge in [-0.05, 0) is 37.8 Å². The van der Waals surface area contributed by atoms with Gasteiger partial charge in [0.1, 0.15) is 0 Å². The highest BCUT2D eigenvalue weighted by Crippen LogP contribution is 2.38. The third-order valence-corrected chi connectivity index (χ3v) is 5.16. The van der Waals surface area contributed by atoms with E-state index in [-0.39, 0.29) is 24.0 Å². The quantitative estimate of drug-likeness (QED) is 0.391. The highest BCUT2D eigenvalue weighted by atomic mass is 127. The van der Waals surface area contributed by atoms with Gasteiger partial charge in [0.15, 0.2) is 5.96 Å². The molecule has 0 aromatic heterocycles. The van der Waals surface area contributed by atoms with E-state index in [9.17, 15) is 0 Å². The Morgan fingerprint density at radius 2 is 2.00 bits per heavy atom. The first kappa shape index (κ1) is 21.4. The number of ether oxygens (including phenoxy) is 2. The van der Waals surface area contributed by atoms with Gasteiger partial charge in [-0.2, -0.15) is 0 Å². The average molecular weight is 473 g/mol. The van der Waals surface area contributed by atoms with E-state index in [2.05, 4.69) is 41.4 Å². The highest BCUT2D eigenvalue weighted by Gasteiger charge is 2.42. The van der Waals surface area contributed by atoms with E-state index in [1.165, 1.54) is 24.0 Å². The van der Waals surface area contributed by atoms with Crippen molar-refractivity contribution < 1.29 is 9.47 Å². The molecule has 0 saturated carbocycles. The summed E-state index contributed by atoms with van der Waals surface area (Å²) in [6.45, 7) is 11.1. The Kier molecular flexibility index (Phi) is 8.63. The summed E-state index contributed by atoms with van der Waals surface area (Å²) in [6.07, 6.45) is 2.40. The molecule has 146 valence electrons. The minimum atomic E-state index is 0. The Labute approximate surface area is 174 Å². The van der Waals surface area contributed by atoms with Gasteiger partial charge in [-0.15, -0.1) is 24.0 Å². The number of guanidine groups is 1. The van der Waals surface area contributed by atoms with Crippen LogP contribution >= 0.6 is 24.0 Å². The Morgan fingerprint density at radius 3 is 2.65 bits per heavy atom. The van der Waals surface area contributed by atoms with Crippen LogP contribution in [0.3, 0.4) is 0 Å². The lowest BCUT2D eigenvalue weighted by Crippen LogP contribution is -2.41. The maximum atomic E-state index is 5.64. The summed E-state index contributed by atoms with van der Waals surface area (Å²) >= 11 is 0. The molecule has 2 fully saturated rings. The third kappa shape index (κ3) is 5.57. The van der Waals surface area contributed by atoms with Gasteiger partial charge in [-0.25, -0.2) is 4.99 Å². The molecule has 1 unspecified atom stereocenters. The van der Waals surface area contributed by atoms with Gasteiger partial charge < -0.3 is 19.7 Å². The molecule has 3 rings (SSSR count). The van der Waals surface area contributed by atoms with Crippen molar-refractivity contribution in [1.29, 1.82) is 0 Å². The van der Waals surface area contributed by atoms with Gasteiger partial charge in [0.2, 0.25) is 0 Å². The molecule has 5 nitrogen and oxygen atoms in total. The van der Waals surface area contributed by atoms with Gasteiger partial charge in [0, 0.05) is 38.3 Å². The predicted molar refractivity (Wildman–Crippen MR) is 116 cm³/mol. The smallest absolute Gasteiger partial charge is 0.194 e. The maximum Gasteiger partial charge on any atom is 0.194 e. The Morgan fingerprint density at radius 1 is 1.23 bits per heavy atom. The van der Waals surface area contributed by atoms with Crippen molar-refractivity contribution in [1.82, 2.24) is 10.2 Å². The molecular formula is C20H32IN3O2. The van der Waals surface area contributed by atoms with Crippen LogP contribution in [-0.2, 0) is 22.6 Å². The summed E-state index contributed by atoms with van der Waals surface area (Å²) in [5.41, 5.74) is 2.80. The van der Waals surface area contributed by atoms with Crippen LogP contribution in [0, 0.1) is 5.41 Å². The van der Waals surface area contributed by atoms with Crippen molar-refractivity contribution in [2.75, 3.05) is 39.5 Å². The standard InChI is InChI=1S/C20H31N3O2.HI/c1-3-21-19(23-11-9-20(15-23)10-12-25-16-20)22-13-17-5-7-18(8-6-17)14-24-4-2;/h5-8H,3-4,9-16H2,1-2H3,(H,21,22);1H.